The average molecular weight is 340 g/mol. The second kappa shape index (κ2) is 8.87. The molecule has 0 radical (unpaired) electrons. The van der Waals surface area contributed by atoms with Crippen molar-refractivity contribution in [1.82, 2.24) is 0 Å². The maximum Gasteiger partial charge on any atom is 0.255 e. The van der Waals surface area contributed by atoms with E-state index in [0.717, 1.165) is 5.75 Å². The molecule has 0 heterocycles. The lowest BCUT2D eigenvalue weighted by Gasteiger charge is -2.09. The van der Waals surface area contributed by atoms with Crippen LogP contribution in [0.5, 0.6) is 5.75 Å². The predicted molar refractivity (Wildman–Crippen MR) is 100 cm³/mol. The van der Waals surface area contributed by atoms with E-state index in [0.29, 0.717) is 35.9 Å². The van der Waals surface area contributed by atoms with E-state index in [1.54, 1.807) is 48.5 Å². The lowest BCUT2D eigenvalue weighted by molar-refractivity contribution is -0.116. The van der Waals surface area contributed by atoms with Gasteiger partial charge < -0.3 is 15.4 Å². The summed E-state index contributed by atoms with van der Waals surface area (Å²) in [6, 6.07) is 14.0. The summed E-state index contributed by atoms with van der Waals surface area (Å²) in [5.41, 5.74) is 1.93. The van der Waals surface area contributed by atoms with E-state index in [1.807, 2.05) is 20.8 Å². The van der Waals surface area contributed by atoms with Gasteiger partial charge in [-0.3, -0.25) is 9.59 Å². The molecule has 0 fully saturated rings. The van der Waals surface area contributed by atoms with Crippen LogP contribution in [0.15, 0.2) is 48.5 Å². The van der Waals surface area contributed by atoms with E-state index < -0.39 is 0 Å². The van der Waals surface area contributed by atoms with Crippen molar-refractivity contribution < 1.29 is 14.3 Å². The molecule has 0 saturated carbocycles. The summed E-state index contributed by atoms with van der Waals surface area (Å²) in [5.74, 6) is 0.842. The Morgan fingerprint density at radius 2 is 1.48 bits per heavy atom. The fourth-order valence-electron chi connectivity index (χ4n) is 2.29. The quantitative estimate of drug-likeness (QED) is 0.788. The normalized spacial score (nSPS) is 10.4. The van der Waals surface area contributed by atoms with Crippen LogP contribution in [0.1, 0.15) is 37.6 Å². The highest BCUT2D eigenvalue weighted by molar-refractivity contribution is 6.04. The minimum Gasteiger partial charge on any atom is -0.494 e. The summed E-state index contributed by atoms with van der Waals surface area (Å²) in [6.45, 7) is 6.50. The first kappa shape index (κ1) is 18.5. The lowest BCUT2D eigenvalue weighted by atomic mass is 10.1. The zero-order valence-corrected chi connectivity index (χ0v) is 14.8. The van der Waals surface area contributed by atoms with E-state index in [2.05, 4.69) is 10.6 Å². The highest BCUT2D eigenvalue weighted by Crippen LogP contribution is 2.17. The van der Waals surface area contributed by atoms with Crippen LogP contribution in [0.25, 0.3) is 0 Å². The Labute approximate surface area is 148 Å². The summed E-state index contributed by atoms with van der Waals surface area (Å²) in [4.78, 5) is 24.0. The number of carbonyl (C=O) groups is 2. The van der Waals surface area contributed by atoms with Crippen molar-refractivity contribution >= 4 is 23.2 Å². The number of hydrogen-bond acceptors (Lipinski definition) is 3. The van der Waals surface area contributed by atoms with Crippen molar-refractivity contribution in [2.45, 2.75) is 27.2 Å². The van der Waals surface area contributed by atoms with Crippen molar-refractivity contribution in [3.63, 3.8) is 0 Å². The number of anilines is 2. The minimum absolute atomic E-state index is 0.0128. The molecule has 0 aliphatic rings. The number of carbonyl (C=O) groups excluding carboxylic acids is 2. The maximum absolute atomic E-state index is 12.2. The van der Waals surface area contributed by atoms with E-state index in [4.69, 9.17) is 4.74 Å². The molecule has 0 saturated heterocycles. The van der Waals surface area contributed by atoms with Gasteiger partial charge in [0.05, 0.1) is 6.61 Å². The summed E-state index contributed by atoms with van der Waals surface area (Å²) in [5, 5.41) is 5.67. The standard InChI is InChI=1S/C20H24N2O3/c1-4-25-18-11-5-15(6-12-18)20(24)22-17-9-7-16(8-10-17)21-19(23)13-14(2)3/h5-12,14H,4,13H2,1-3H3,(H,21,23)(H,22,24). The van der Waals surface area contributed by atoms with Crippen LogP contribution < -0.4 is 15.4 Å². The molecule has 0 spiro atoms. The van der Waals surface area contributed by atoms with Crippen molar-refractivity contribution in [3.05, 3.63) is 54.1 Å². The van der Waals surface area contributed by atoms with Gasteiger partial charge in [-0.25, -0.2) is 0 Å². The highest BCUT2D eigenvalue weighted by Gasteiger charge is 2.08. The number of nitrogens with one attached hydrogen (secondary N) is 2. The molecule has 5 heteroatoms. The van der Waals surface area contributed by atoms with E-state index in [1.165, 1.54) is 0 Å². The van der Waals surface area contributed by atoms with Gasteiger partial charge in [-0.15, -0.1) is 0 Å². The monoisotopic (exact) mass is 340 g/mol. The van der Waals surface area contributed by atoms with Gasteiger partial charge in [0.1, 0.15) is 5.75 Å². The topological polar surface area (TPSA) is 67.4 Å². The number of hydrogen-bond donors (Lipinski definition) is 2. The van der Waals surface area contributed by atoms with Crippen LogP contribution >= 0.6 is 0 Å². The second-order valence-electron chi connectivity index (χ2n) is 6.14. The third-order valence-corrected chi connectivity index (χ3v) is 3.45. The summed E-state index contributed by atoms with van der Waals surface area (Å²) in [6.07, 6.45) is 0.482. The Hall–Kier alpha value is -2.82. The molecule has 0 aliphatic heterocycles. The van der Waals surface area contributed by atoms with Crippen molar-refractivity contribution in [1.29, 1.82) is 0 Å². The van der Waals surface area contributed by atoms with Gasteiger partial charge in [0.15, 0.2) is 0 Å². The van der Waals surface area contributed by atoms with E-state index >= 15 is 0 Å². The molecule has 2 N–H and O–H groups in total. The zero-order valence-electron chi connectivity index (χ0n) is 14.8. The Morgan fingerprint density at radius 3 is 2.00 bits per heavy atom. The molecule has 2 aromatic carbocycles. The van der Waals surface area contributed by atoms with Crippen molar-refractivity contribution in [2.24, 2.45) is 5.92 Å². The Bertz CT molecular complexity index is 707. The fraction of sp³-hybridized carbons (Fsp3) is 0.300. The molecule has 0 aliphatic carbocycles. The molecular formula is C20H24N2O3. The molecule has 2 aromatic rings. The number of ether oxygens (including phenoxy) is 1. The van der Waals surface area contributed by atoms with Gasteiger partial charge in [-0.2, -0.15) is 0 Å². The second-order valence-corrected chi connectivity index (χ2v) is 6.14. The van der Waals surface area contributed by atoms with Gasteiger partial charge in [-0.1, -0.05) is 13.8 Å². The Kier molecular flexibility index (Phi) is 6.57. The van der Waals surface area contributed by atoms with Gasteiger partial charge in [0, 0.05) is 23.4 Å². The zero-order chi connectivity index (χ0) is 18.2. The van der Waals surface area contributed by atoms with Crippen LogP contribution in [-0.2, 0) is 4.79 Å². The fourth-order valence-corrected chi connectivity index (χ4v) is 2.29. The average Bonchev–Trinajstić information content (AvgIpc) is 2.57. The van der Waals surface area contributed by atoms with E-state index in [-0.39, 0.29) is 11.8 Å². The molecule has 0 atom stereocenters. The summed E-state index contributed by atoms with van der Waals surface area (Å²) in [7, 11) is 0. The minimum atomic E-state index is -0.195. The van der Waals surface area contributed by atoms with Crippen LogP contribution in [-0.4, -0.2) is 18.4 Å². The van der Waals surface area contributed by atoms with E-state index in [9.17, 15) is 9.59 Å². The first-order valence-corrected chi connectivity index (χ1v) is 8.42. The smallest absolute Gasteiger partial charge is 0.255 e. The first-order chi connectivity index (χ1) is 12.0. The molecule has 5 nitrogen and oxygen atoms in total. The highest BCUT2D eigenvalue weighted by atomic mass is 16.5. The number of rotatable bonds is 7. The van der Waals surface area contributed by atoms with Crippen LogP contribution in [0.3, 0.4) is 0 Å². The molecule has 0 bridgehead atoms. The number of benzene rings is 2. The van der Waals surface area contributed by atoms with Crippen LogP contribution in [0, 0.1) is 5.92 Å². The van der Waals surface area contributed by atoms with Gasteiger partial charge >= 0.3 is 0 Å². The molecule has 0 unspecified atom stereocenters. The Morgan fingerprint density at radius 1 is 0.920 bits per heavy atom. The molecular weight excluding hydrogens is 316 g/mol. The molecule has 2 rings (SSSR count). The molecule has 0 aromatic heterocycles. The van der Waals surface area contributed by atoms with Crippen LogP contribution in [0.2, 0.25) is 0 Å². The van der Waals surface area contributed by atoms with Gasteiger partial charge in [0.25, 0.3) is 5.91 Å². The third kappa shape index (κ3) is 5.95. The first-order valence-electron chi connectivity index (χ1n) is 8.42. The maximum atomic E-state index is 12.2. The third-order valence-electron chi connectivity index (χ3n) is 3.45. The van der Waals surface area contributed by atoms with Crippen molar-refractivity contribution in [3.8, 4) is 5.75 Å². The Balaban J connectivity index is 1.93. The number of amides is 2. The summed E-state index contributed by atoms with van der Waals surface area (Å²) >= 11 is 0. The van der Waals surface area contributed by atoms with Crippen LogP contribution in [0.4, 0.5) is 11.4 Å². The molecule has 2 amide bonds. The summed E-state index contributed by atoms with van der Waals surface area (Å²) < 4.78 is 5.36. The predicted octanol–water partition coefficient (Wildman–Crippen LogP) is 4.32. The van der Waals surface area contributed by atoms with Gasteiger partial charge in [0.2, 0.25) is 5.91 Å². The molecule has 25 heavy (non-hydrogen) atoms. The largest absolute Gasteiger partial charge is 0.494 e. The van der Waals surface area contributed by atoms with Gasteiger partial charge in [-0.05, 0) is 61.4 Å². The van der Waals surface area contributed by atoms with Crippen molar-refractivity contribution in [2.75, 3.05) is 17.2 Å². The lowest BCUT2D eigenvalue weighted by Crippen LogP contribution is -2.14. The molecule has 132 valence electrons. The SMILES string of the molecule is CCOc1ccc(C(=O)Nc2ccc(NC(=O)CC(C)C)cc2)cc1.